The van der Waals surface area contributed by atoms with E-state index in [0.29, 0.717) is 12.8 Å². The Morgan fingerprint density at radius 3 is 1.52 bits per heavy atom. The molecule has 42 heavy (non-hydrogen) atoms. The van der Waals surface area contributed by atoms with Crippen LogP contribution in [0.3, 0.4) is 0 Å². The molecule has 4 nitrogen and oxygen atoms in total. The monoisotopic (exact) mass is 554 g/mol. The lowest BCUT2D eigenvalue weighted by Crippen LogP contribution is -2.47. The molecule has 4 heteroatoms. The highest BCUT2D eigenvalue weighted by Gasteiger charge is 2.41. The number of piperidine rings is 2. The van der Waals surface area contributed by atoms with Crippen molar-refractivity contribution in [1.82, 2.24) is 10.6 Å². The Kier molecular flexibility index (Phi) is 6.93. The lowest BCUT2D eigenvalue weighted by molar-refractivity contribution is -0.124. The summed E-state index contributed by atoms with van der Waals surface area (Å²) in [4.78, 5) is 23.7. The molecule has 2 aliphatic heterocycles. The maximum Gasteiger partial charge on any atom is 0.220 e. The molecule has 2 unspecified atom stereocenters. The van der Waals surface area contributed by atoms with Crippen molar-refractivity contribution >= 4 is 11.8 Å². The normalized spacial score (nSPS) is 23.9. The zero-order valence-electron chi connectivity index (χ0n) is 24.1. The van der Waals surface area contributed by atoms with Crippen LogP contribution < -0.4 is 10.6 Å². The van der Waals surface area contributed by atoms with Crippen molar-refractivity contribution in [2.45, 2.75) is 62.2 Å². The molecule has 0 radical (unpaired) electrons. The van der Waals surface area contributed by atoms with Gasteiger partial charge in [0.05, 0.1) is 0 Å². The van der Waals surface area contributed by atoms with E-state index in [0.717, 1.165) is 51.6 Å². The van der Waals surface area contributed by atoms with Gasteiger partial charge >= 0.3 is 0 Å². The number of benzene rings is 4. The van der Waals surface area contributed by atoms with Crippen LogP contribution in [0.25, 0.3) is 0 Å². The van der Waals surface area contributed by atoms with Crippen LogP contribution in [0.4, 0.5) is 0 Å². The fourth-order valence-electron chi connectivity index (χ4n) is 7.98. The molecule has 212 valence electrons. The van der Waals surface area contributed by atoms with Gasteiger partial charge in [0.15, 0.2) is 0 Å². The Bertz CT molecular complexity index is 1650. The summed E-state index contributed by atoms with van der Waals surface area (Å²) in [5, 5.41) is 6.09. The summed E-state index contributed by atoms with van der Waals surface area (Å²) in [5.74, 6) is 0.381. The van der Waals surface area contributed by atoms with Gasteiger partial charge in [0.2, 0.25) is 11.8 Å². The molecule has 0 bridgehead atoms. The lowest BCUT2D eigenvalue weighted by Gasteiger charge is -2.38. The molecule has 2 heterocycles. The number of hydrogen-bond donors (Lipinski definition) is 2. The summed E-state index contributed by atoms with van der Waals surface area (Å²) >= 11 is 0. The summed E-state index contributed by atoms with van der Waals surface area (Å²) in [6, 6.07) is 34.9. The molecule has 4 aromatic rings. The Morgan fingerprint density at radius 2 is 0.976 bits per heavy atom. The predicted molar refractivity (Wildman–Crippen MR) is 167 cm³/mol. The summed E-state index contributed by atoms with van der Waals surface area (Å²) in [5.41, 5.74) is 11.3. The van der Waals surface area contributed by atoms with Gasteiger partial charge in [-0.25, -0.2) is 0 Å². The molecule has 0 aromatic heterocycles. The highest BCUT2D eigenvalue weighted by molar-refractivity contribution is 5.79. The van der Waals surface area contributed by atoms with E-state index in [1.54, 1.807) is 0 Å². The van der Waals surface area contributed by atoms with Crippen LogP contribution in [0, 0.1) is 0 Å². The lowest BCUT2D eigenvalue weighted by atomic mass is 9.69. The average Bonchev–Trinajstić information content (AvgIpc) is 3.23. The third-order valence-electron chi connectivity index (χ3n) is 10.1. The van der Waals surface area contributed by atoms with Gasteiger partial charge in [-0.1, -0.05) is 97.1 Å². The topological polar surface area (TPSA) is 58.2 Å². The summed E-state index contributed by atoms with van der Waals surface area (Å²) < 4.78 is 0. The Hall–Kier alpha value is -4.18. The third-order valence-corrected chi connectivity index (χ3v) is 10.1. The number of nitrogens with one attached hydrogen (secondary N) is 2. The molecule has 2 amide bonds. The maximum absolute atomic E-state index is 12.1. The van der Waals surface area contributed by atoms with E-state index in [-0.39, 0.29) is 22.6 Å². The van der Waals surface area contributed by atoms with E-state index in [2.05, 4.69) is 108 Å². The van der Waals surface area contributed by atoms with Crippen molar-refractivity contribution < 1.29 is 9.59 Å². The SMILES string of the molecule is O=C1CC2(CCN1)Cc1ccccc1Cc1ccccc12.O=C1CCC2(CN1)Cc1ccccc1Cc1ccccc12. The molecular weight excluding hydrogens is 516 g/mol. The van der Waals surface area contributed by atoms with Crippen molar-refractivity contribution in [1.29, 1.82) is 0 Å². The first-order valence-corrected chi connectivity index (χ1v) is 15.4. The highest BCUT2D eigenvalue weighted by atomic mass is 16.2. The van der Waals surface area contributed by atoms with Crippen LogP contribution in [0.2, 0.25) is 0 Å². The predicted octanol–water partition coefficient (Wildman–Crippen LogP) is 5.96. The van der Waals surface area contributed by atoms with Crippen LogP contribution >= 0.6 is 0 Å². The highest BCUT2D eigenvalue weighted by Crippen LogP contribution is 2.43. The van der Waals surface area contributed by atoms with Crippen LogP contribution in [-0.4, -0.2) is 24.9 Å². The smallest absolute Gasteiger partial charge is 0.220 e. The van der Waals surface area contributed by atoms with Crippen molar-refractivity contribution in [2.75, 3.05) is 13.1 Å². The molecule has 2 saturated heterocycles. The molecule has 0 saturated carbocycles. The zero-order valence-corrected chi connectivity index (χ0v) is 24.1. The summed E-state index contributed by atoms with van der Waals surface area (Å²) in [6.45, 7) is 1.55. The van der Waals surface area contributed by atoms with E-state index in [1.807, 2.05) is 0 Å². The van der Waals surface area contributed by atoms with Crippen LogP contribution in [0.1, 0.15) is 70.2 Å². The molecular formula is C38H38N2O2. The quantitative estimate of drug-likeness (QED) is 0.282. The van der Waals surface area contributed by atoms with Gasteiger partial charge in [-0.3, -0.25) is 9.59 Å². The van der Waals surface area contributed by atoms with Crippen LogP contribution in [0.5, 0.6) is 0 Å². The first-order valence-electron chi connectivity index (χ1n) is 15.4. The molecule has 8 rings (SSSR count). The van der Waals surface area contributed by atoms with Crippen molar-refractivity contribution in [3.05, 3.63) is 142 Å². The molecule has 2 spiro atoms. The van der Waals surface area contributed by atoms with E-state index in [9.17, 15) is 9.59 Å². The van der Waals surface area contributed by atoms with E-state index >= 15 is 0 Å². The van der Waals surface area contributed by atoms with Gasteiger partial charge in [0.1, 0.15) is 0 Å². The van der Waals surface area contributed by atoms with Gasteiger partial charge < -0.3 is 10.6 Å². The zero-order chi connectivity index (χ0) is 28.6. The second kappa shape index (κ2) is 10.9. The standard InChI is InChI=1S/2C19H19NO/c21-18-13-19(9-10-20-18)12-16-7-2-1-5-14(16)11-15-6-3-4-8-17(15)19;21-18-9-10-19(13-20-18)12-16-7-2-1-5-14(16)11-15-6-3-4-8-17(15)19/h2*1-8H,9-13H2,(H,20,21). The summed E-state index contributed by atoms with van der Waals surface area (Å²) in [6.07, 6.45) is 7.22. The minimum atomic E-state index is -0.0223. The number of carbonyl (C=O) groups excluding carboxylic acids is 2. The molecule has 4 aromatic carbocycles. The molecule has 2 N–H and O–H groups in total. The second-order valence-corrected chi connectivity index (χ2v) is 12.7. The van der Waals surface area contributed by atoms with Gasteiger partial charge in [0, 0.05) is 36.8 Å². The third kappa shape index (κ3) is 4.93. The van der Waals surface area contributed by atoms with Crippen molar-refractivity contribution in [2.24, 2.45) is 0 Å². The fourth-order valence-corrected chi connectivity index (χ4v) is 7.98. The van der Waals surface area contributed by atoms with Gasteiger partial charge in [-0.2, -0.15) is 0 Å². The minimum Gasteiger partial charge on any atom is -0.356 e. The second-order valence-electron chi connectivity index (χ2n) is 12.7. The number of fused-ring (bicyclic) bond motifs is 6. The molecule has 2 aliphatic carbocycles. The maximum atomic E-state index is 12.1. The first kappa shape index (κ1) is 26.7. The van der Waals surface area contributed by atoms with Crippen molar-refractivity contribution in [3.8, 4) is 0 Å². The number of hydrogen-bond acceptors (Lipinski definition) is 2. The Labute approximate surface area is 248 Å². The van der Waals surface area contributed by atoms with E-state index < -0.39 is 0 Å². The summed E-state index contributed by atoms with van der Waals surface area (Å²) in [7, 11) is 0. The Morgan fingerprint density at radius 1 is 0.476 bits per heavy atom. The van der Waals surface area contributed by atoms with Crippen LogP contribution in [-0.2, 0) is 46.1 Å². The molecule has 2 atom stereocenters. The Balaban J connectivity index is 0.000000137. The van der Waals surface area contributed by atoms with Crippen molar-refractivity contribution in [3.63, 3.8) is 0 Å². The molecule has 2 fully saturated rings. The largest absolute Gasteiger partial charge is 0.356 e. The minimum absolute atomic E-state index is 0.0223. The van der Waals surface area contributed by atoms with E-state index in [1.165, 1.54) is 44.5 Å². The average molecular weight is 555 g/mol. The van der Waals surface area contributed by atoms with E-state index in [4.69, 9.17) is 0 Å². The van der Waals surface area contributed by atoms with Gasteiger partial charge in [-0.15, -0.1) is 0 Å². The molecule has 4 aliphatic rings. The number of amides is 2. The van der Waals surface area contributed by atoms with Crippen LogP contribution in [0.15, 0.2) is 97.1 Å². The first-order chi connectivity index (χ1) is 20.5. The number of carbonyl (C=O) groups is 2. The van der Waals surface area contributed by atoms with Gasteiger partial charge in [0.25, 0.3) is 0 Å². The van der Waals surface area contributed by atoms with Gasteiger partial charge in [-0.05, 0) is 83.0 Å². The fraction of sp³-hybridized carbons (Fsp3) is 0.316. The number of rotatable bonds is 0.